The van der Waals surface area contributed by atoms with Crippen LogP contribution in [0.4, 0.5) is 0 Å². The van der Waals surface area contributed by atoms with Crippen LogP contribution in [-0.2, 0) is 22.0 Å². The molecule has 19 heavy (non-hydrogen) atoms. The number of nitrogens with zero attached hydrogens (tertiary/aromatic N) is 2. The van der Waals surface area contributed by atoms with Gasteiger partial charge in [0.1, 0.15) is 0 Å². The van der Waals surface area contributed by atoms with Gasteiger partial charge < -0.3 is 9.84 Å². The monoisotopic (exact) mass is 268 g/mol. The highest BCUT2D eigenvalue weighted by Gasteiger charge is 2.33. The van der Waals surface area contributed by atoms with Crippen molar-refractivity contribution in [1.29, 1.82) is 0 Å². The van der Waals surface area contributed by atoms with Crippen LogP contribution in [0.2, 0.25) is 0 Å². The minimum atomic E-state index is -0.889. The number of aryl methyl sites for hydroxylation is 1. The number of methoxy groups -OCH3 is 1. The third-order valence-electron chi connectivity index (χ3n) is 3.21. The van der Waals surface area contributed by atoms with E-state index in [1.807, 2.05) is 34.7 Å². The van der Waals surface area contributed by atoms with Crippen LogP contribution in [0.25, 0.3) is 0 Å². The summed E-state index contributed by atoms with van der Waals surface area (Å²) < 4.78 is 6.42. The van der Waals surface area contributed by atoms with E-state index in [1.54, 1.807) is 10.9 Å². The van der Waals surface area contributed by atoms with Crippen LogP contribution in [0.5, 0.6) is 0 Å². The number of rotatable bonds is 4. The molecule has 1 aromatic heterocycles. The van der Waals surface area contributed by atoms with Crippen molar-refractivity contribution in [3.63, 3.8) is 0 Å². The first-order valence-corrected chi connectivity index (χ1v) is 6.52. The van der Waals surface area contributed by atoms with Gasteiger partial charge in [0.2, 0.25) is 0 Å². The van der Waals surface area contributed by atoms with Gasteiger partial charge in [0.15, 0.2) is 0 Å². The Bertz CT molecular complexity index is 446. The second-order valence-electron chi connectivity index (χ2n) is 5.84. The first-order valence-electron chi connectivity index (χ1n) is 6.52. The van der Waals surface area contributed by atoms with Crippen LogP contribution in [0.3, 0.4) is 0 Å². The second kappa shape index (κ2) is 5.74. The van der Waals surface area contributed by atoms with Gasteiger partial charge in [-0.15, -0.1) is 0 Å². The van der Waals surface area contributed by atoms with E-state index in [2.05, 4.69) is 5.10 Å². The molecular formula is C14H24N2O3. The van der Waals surface area contributed by atoms with Gasteiger partial charge in [-0.25, -0.2) is 0 Å². The first-order chi connectivity index (χ1) is 8.72. The van der Waals surface area contributed by atoms with E-state index >= 15 is 0 Å². The Labute approximate surface area is 114 Å². The summed E-state index contributed by atoms with van der Waals surface area (Å²) in [5, 5.41) is 14.9. The molecule has 2 unspecified atom stereocenters. The molecule has 2 atom stereocenters. The van der Waals surface area contributed by atoms with E-state index < -0.39 is 18.0 Å². The molecule has 1 heterocycles. The van der Waals surface area contributed by atoms with Crippen LogP contribution in [-0.4, -0.2) is 28.0 Å². The quantitative estimate of drug-likeness (QED) is 0.848. The molecule has 0 aliphatic rings. The molecular weight excluding hydrogens is 244 g/mol. The summed E-state index contributed by atoms with van der Waals surface area (Å²) in [6, 6.07) is 0. The molecule has 0 radical (unpaired) electrons. The third kappa shape index (κ3) is 3.35. The molecule has 0 amide bonds. The van der Waals surface area contributed by atoms with Gasteiger partial charge in [-0.1, -0.05) is 27.7 Å². The first kappa shape index (κ1) is 15.7. The highest BCUT2D eigenvalue weighted by atomic mass is 16.5. The van der Waals surface area contributed by atoms with Crippen molar-refractivity contribution in [2.75, 3.05) is 7.11 Å². The maximum atomic E-state index is 11.7. The minimum absolute atomic E-state index is 0.189. The zero-order valence-electron chi connectivity index (χ0n) is 12.6. The maximum Gasteiger partial charge on any atom is 0.311 e. The van der Waals surface area contributed by atoms with E-state index in [0.29, 0.717) is 12.0 Å². The molecule has 0 fully saturated rings. The summed E-state index contributed by atoms with van der Waals surface area (Å²) >= 11 is 0. The molecule has 0 aliphatic heterocycles. The van der Waals surface area contributed by atoms with Gasteiger partial charge in [0.05, 0.1) is 24.8 Å². The van der Waals surface area contributed by atoms with E-state index in [1.165, 1.54) is 7.11 Å². The molecule has 1 aromatic rings. The predicted octanol–water partition coefficient (Wildman–Crippen LogP) is 1.95. The van der Waals surface area contributed by atoms with Crippen molar-refractivity contribution >= 4 is 5.97 Å². The number of aromatic nitrogens is 2. The predicted molar refractivity (Wildman–Crippen MR) is 72.7 cm³/mol. The normalized spacial score (nSPS) is 15.1. The lowest BCUT2D eigenvalue weighted by molar-refractivity contribution is -0.149. The molecule has 108 valence electrons. The van der Waals surface area contributed by atoms with Crippen LogP contribution in [0.15, 0.2) is 6.20 Å². The molecule has 1 rings (SSSR count). The number of hydrogen-bond acceptors (Lipinski definition) is 4. The molecule has 0 aromatic carbocycles. The van der Waals surface area contributed by atoms with Crippen molar-refractivity contribution in [3.05, 3.63) is 17.5 Å². The van der Waals surface area contributed by atoms with Crippen molar-refractivity contribution in [2.45, 2.75) is 45.6 Å². The van der Waals surface area contributed by atoms with Gasteiger partial charge >= 0.3 is 5.97 Å². The number of ether oxygens (including phenoxy) is 1. The Hall–Kier alpha value is -1.36. The lowest BCUT2D eigenvalue weighted by Gasteiger charge is -2.23. The fraction of sp³-hybridized carbons (Fsp3) is 0.714. The van der Waals surface area contributed by atoms with Gasteiger partial charge in [-0.2, -0.15) is 5.10 Å². The van der Waals surface area contributed by atoms with Gasteiger partial charge in [-0.05, 0) is 6.42 Å². The Kier molecular flexibility index (Phi) is 4.74. The number of carbonyl (C=O) groups excluding carboxylic acids is 1. The topological polar surface area (TPSA) is 64.3 Å². The van der Waals surface area contributed by atoms with Gasteiger partial charge in [-0.3, -0.25) is 9.48 Å². The summed E-state index contributed by atoms with van der Waals surface area (Å²) in [7, 11) is 3.15. The third-order valence-corrected chi connectivity index (χ3v) is 3.21. The number of aliphatic hydroxyl groups is 1. The molecule has 0 spiro atoms. The SMILES string of the molecule is CCC(C(=O)OC)C(O)c1cn(C)nc1C(C)(C)C. The zero-order valence-corrected chi connectivity index (χ0v) is 12.6. The fourth-order valence-corrected chi connectivity index (χ4v) is 2.19. The van der Waals surface area contributed by atoms with Gasteiger partial charge in [0.25, 0.3) is 0 Å². The highest BCUT2D eigenvalue weighted by Crippen LogP contribution is 2.33. The molecule has 5 nitrogen and oxygen atoms in total. The van der Waals surface area contributed by atoms with Crippen LogP contribution in [0, 0.1) is 5.92 Å². The summed E-state index contributed by atoms with van der Waals surface area (Å²) in [6.45, 7) is 7.96. The molecule has 0 bridgehead atoms. The Morgan fingerprint density at radius 2 is 2.11 bits per heavy atom. The number of aliphatic hydroxyl groups excluding tert-OH is 1. The molecule has 0 aliphatic carbocycles. The van der Waals surface area contributed by atoms with Crippen LogP contribution < -0.4 is 0 Å². The zero-order chi connectivity index (χ0) is 14.8. The maximum absolute atomic E-state index is 11.7. The molecule has 0 saturated carbocycles. The van der Waals surface area contributed by atoms with Crippen LogP contribution >= 0.6 is 0 Å². The second-order valence-corrected chi connectivity index (χ2v) is 5.84. The summed E-state index contributed by atoms with van der Waals surface area (Å²) in [5.41, 5.74) is 1.32. The van der Waals surface area contributed by atoms with E-state index in [4.69, 9.17) is 4.74 Å². The van der Waals surface area contributed by atoms with Crippen molar-refractivity contribution in [3.8, 4) is 0 Å². The largest absolute Gasteiger partial charge is 0.469 e. The molecule has 1 N–H and O–H groups in total. The van der Waals surface area contributed by atoms with E-state index in [-0.39, 0.29) is 5.41 Å². The lowest BCUT2D eigenvalue weighted by Crippen LogP contribution is -2.25. The average molecular weight is 268 g/mol. The molecule has 0 saturated heterocycles. The molecule has 5 heteroatoms. The van der Waals surface area contributed by atoms with E-state index in [9.17, 15) is 9.90 Å². The minimum Gasteiger partial charge on any atom is -0.469 e. The summed E-state index contributed by atoms with van der Waals surface area (Å²) in [5.74, 6) is -0.950. The Morgan fingerprint density at radius 3 is 2.53 bits per heavy atom. The van der Waals surface area contributed by atoms with Crippen molar-refractivity contribution in [1.82, 2.24) is 9.78 Å². The standard InChI is InChI=1S/C14H24N2O3/c1-7-9(13(18)19-6)11(17)10-8-16(5)15-12(10)14(2,3)4/h8-9,11,17H,7H2,1-6H3. The highest BCUT2D eigenvalue weighted by molar-refractivity contribution is 5.73. The number of hydrogen-bond donors (Lipinski definition) is 1. The number of carbonyl (C=O) groups is 1. The number of esters is 1. The average Bonchev–Trinajstić information content (AvgIpc) is 2.71. The van der Waals surface area contributed by atoms with Crippen molar-refractivity contribution < 1.29 is 14.6 Å². The Morgan fingerprint density at radius 1 is 1.53 bits per heavy atom. The lowest BCUT2D eigenvalue weighted by atomic mass is 9.84. The van der Waals surface area contributed by atoms with E-state index in [0.717, 1.165) is 5.69 Å². The summed E-state index contributed by atoms with van der Waals surface area (Å²) in [4.78, 5) is 11.7. The smallest absolute Gasteiger partial charge is 0.311 e. The Balaban J connectivity index is 3.18. The van der Waals surface area contributed by atoms with Gasteiger partial charge in [0, 0.05) is 24.2 Å². The fourth-order valence-electron chi connectivity index (χ4n) is 2.19. The van der Waals surface area contributed by atoms with Crippen molar-refractivity contribution in [2.24, 2.45) is 13.0 Å². The summed E-state index contributed by atoms with van der Waals surface area (Å²) in [6.07, 6.45) is 1.41. The van der Waals surface area contributed by atoms with Crippen LogP contribution in [0.1, 0.15) is 51.5 Å².